The summed E-state index contributed by atoms with van der Waals surface area (Å²) in [5, 5.41) is 0. The molecule has 1 fully saturated rings. The first-order valence-electron chi connectivity index (χ1n) is 6.62. The van der Waals surface area contributed by atoms with Crippen molar-refractivity contribution in [1.29, 1.82) is 0 Å². The summed E-state index contributed by atoms with van der Waals surface area (Å²) in [7, 11) is 0. The minimum Gasteiger partial charge on any atom is -0.490 e. The van der Waals surface area contributed by atoms with Gasteiger partial charge < -0.3 is 4.74 Å². The van der Waals surface area contributed by atoms with Crippen LogP contribution in [0.4, 0.5) is 0 Å². The lowest BCUT2D eigenvalue weighted by Gasteiger charge is -2.20. The zero-order valence-electron chi connectivity index (χ0n) is 10.2. The van der Waals surface area contributed by atoms with E-state index in [9.17, 15) is 0 Å². The molecule has 0 N–H and O–H groups in total. The van der Waals surface area contributed by atoms with Gasteiger partial charge in [-0.1, -0.05) is 41.1 Å². The Labute approximate surface area is 112 Å². The summed E-state index contributed by atoms with van der Waals surface area (Å²) in [5.74, 6) is 2.74. The van der Waals surface area contributed by atoms with Gasteiger partial charge in [0, 0.05) is 11.2 Å². The van der Waals surface area contributed by atoms with E-state index in [1.807, 2.05) is 0 Å². The number of halogens is 1. The maximum Gasteiger partial charge on any atom is 0.123 e. The SMILES string of the molecule is CC1C(Br)CCC1CC1Cc2ccccc2O1. The molecule has 0 amide bonds. The van der Waals surface area contributed by atoms with Gasteiger partial charge in [-0.3, -0.25) is 0 Å². The van der Waals surface area contributed by atoms with Crippen molar-refractivity contribution in [3.63, 3.8) is 0 Å². The van der Waals surface area contributed by atoms with Crippen molar-refractivity contribution in [3.05, 3.63) is 29.8 Å². The lowest BCUT2D eigenvalue weighted by atomic mass is 9.91. The molecule has 1 aliphatic carbocycles. The number of alkyl halides is 1. The van der Waals surface area contributed by atoms with Crippen LogP contribution in [0.5, 0.6) is 5.75 Å². The van der Waals surface area contributed by atoms with Crippen LogP contribution in [0, 0.1) is 11.8 Å². The van der Waals surface area contributed by atoms with Crippen molar-refractivity contribution >= 4 is 15.9 Å². The second kappa shape index (κ2) is 4.64. The van der Waals surface area contributed by atoms with Crippen molar-refractivity contribution < 1.29 is 4.74 Å². The standard InChI is InChI=1S/C15H19BrO/c1-10-11(6-7-14(10)16)8-13-9-12-4-2-3-5-15(12)17-13/h2-5,10-11,13-14H,6-9H2,1H3. The van der Waals surface area contributed by atoms with Crippen LogP contribution in [0.15, 0.2) is 24.3 Å². The van der Waals surface area contributed by atoms with Crippen LogP contribution in [0.25, 0.3) is 0 Å². The van der Waals surface area contributed by atoms with Gasteiger partial charge in [0.15, 0.2) is 0 Å². The van der Waals surface area contributed by atoms with Crippen molar-refractivity contribution in [2.45, 2.75) is 43.5 Å². The number of fused-ring (bicyclic) bond motifs is 1. The normalized spacial score (nSPS) is 35.6. The van der Waals surface area contributed by atoms with E-state index in [0.29, 0.717) is 6.10 Å². The van der Waals surface area contributed by atoms with Crippen LogP contribution in [-0.2, 0) is 6.42 Å². The summed E-state index contributed by atoms with van der Waals surface area (Å²) in [6, 6.07) is 8.46. The van der Waals surface area contributed by atoms with E-state index in [0.717, 1.165) is 28.8 Å². The summed E-state index contributed by atoms with van der Waals surface area (Å²) < 4.78 is 6.04. The largest absolute Gasteiger partial charge is 0.490 e. The second-order valence-electron chi connectivity index (χ2n) is 5.50. The Morgan fingerprint density at radius 3 is 2.82 bits per heavy atom. The van der Waals surface area contributed by atoms with Gasteiger partial charge in [-0.2, -0.15) is 0 Å². The Morgan fingerprint density at radius 1 is 1.29 bits per heavy atom. The maximum absolute atomic E-state index is 6.04. The zero-order valence-corrected chi connectivity index (χ0v) is 11.8. The summed E-state index contributed by atoms with van der Waals surface area (Å²) in [6.07, 6.45) is 5.42. The number of rotatable bonds is 2. The van der Waals surface area contributed by atoms with E-state index in [1.54, 1.807) is 0 Å². The van der Waals surface area contributed by atoms with Gasteiger partial charge >= 0.3 is 0 Å². The molecule has 1 nitrogen and oxygen atoms in total. The first kappa shape index (κ1) is 11.6. The van der Waals surface area contributed by atoms with Gasteiger partial charge in [0.25, 0.3) is 0 Å². The van der Waals surface area contributed by atoms with Gasteiger partial charge in [-0.15, -0.1) is 0 Å². The minimum atomic E-state index is 0.414. The van der Waals surface area contributed by atoms with Crippen molar-refractivity contribution in [1.82, 2.24) is 0 Å². The highest BCUT2D eigenvalue weighted by Gasteiger charge is 2.34. The monoisotopic (exact) mass is 294 g/mol. The van der Waals surface area contributed by atoms with Crippen molar-refractivity contribution in [2.24, 2.45) is 11.8 Å². The smallest absolute Gasteiger partial charge is 0.123 e. The Bertz CT molecular complexity index is 379. The first-order valence-corrected chi connectivity index (χ1v) is 7.54. The Kier molecular flexibility index (Phi) is 3.16. The van der Waals surface area contributed by atoms with Gasteiger partial charge in [-0.25, -0.2) is 0 Å². The molecule has 2 aliphatic rings. The number of para-hydroxylation sites is 1. The maximum atomic E-state index is 6.04. The average molecular weight is 295 g/mol. The molecule has 1 aliphatic heterocycles. The topological polar surface area (TPSA) is 9.23 Å². The van der Waals surface area contributed by atoms with Gasteiger partial charge in [0.2, 0.25) is 0 Å². The second-order valence-corrected chi connectivity index (χ2v) is 6.68. The average Bonchev–Trinajstić information content (AvgIpc) is 2.87. The van der Waals surface area contributed by atoms with Gasteiger partial charge in [-0.05, 0) is 42.7 Å². The highest BCUT2D eigenvalue weighted by Crippen LogP contribution is 2.41. The van der Waals surface area contributed by atoms with Crippen LogP contribution in [0.2, 0.25) is 0 Å². The molecule has 17 heavy (non-hydrogen) atoms. The number of hydrogen-bond donors (Lipinski definition) is 0. The molecular weight excluding hydrogens is 276 g/mol. The van der Waals surface area contributed by atoms with E-state index >= 15 is 0 Å². The first-order chi connectivity index (χ1) is 8.24. The number of ether oxygens (including phenoxy) is 1. The summed E-state index contributed by atoms with van der Waals surface area (Å²) >= 11 is 3.78. The molecule has 4 atom stereocenters. The molecular formula is C15H19BrO. The Balaban J connectivity index is 1.62. The molecule has 92 valence electrons. The van der Waals surface area contributed by atoms with E-state index in [2.05, 4.69) is 47.1 Å². The molecule has 2 heteroatoms. The fraction of sp³-hybridized carbons (Fsp3) is 0.600. The highest BCUT2D eigenvalue weighted by atomic mass is 79.9. The van der Waals surface area contributed by atoms with E-state index < -0.39 is 0 Å². The van der Waals surface area contributed by atoms with E-state index in [-0.39, 0.29) is 0 Å². The number of benzene rings is 1. The highest BCUT2D eigenvalue weighted by molar-refractivity contribution is 9.09. The predicted octanol–water partition coefficient (Wildman–Crippen LogP) is 4.19. The fourth-order valence-corrected chi connectivity index (χ4v) is 3.95. The van der Waals surface area contributed by atoms with Crippen LogP contribution < -0.4 is 4.74 Å². The zero-order chi connectivity index (χ0) is 11.8. The molecule has 3 rings (SSSR count). The molecule has 1 aromatic carbocycles. The molecule has 0 bridgehead atoms. The quantitative estimate of drug-likeness (QED) is 0.743. The van der Waals surface area contributed by atoms with Crippen LogP contribution >= 0.6 is 15.9 Å². The molecule has 0 radical (unpaired) electrons. The lowest BCUT2D eigenvalue weighted by Crippen LogP contribution is -2.21. The van der Waals surface area contributed by atoms with E-state index in [1.165, 1.54) is 24.8 Å². The Morgan fingerprint density at radius 2 is 2.12 bits per heavy atom. The van der Waals surface area contributed by atoms with Gasteiger partial charge in [0.1, 0.15) is 11.9 Å². The fourth-order valence-electron chi connectivity index (χ4n) is 3.25. The molecule has 0 saturated heterocycles. The summed E-state index contributed by atoms with van der Waals surface area (Å²) in [6.45, 7) is 2.37. The Hall–Kier alpha value is -0.500. The third-order valence-electron chi connectivity index (χ3n) is 4.41. The molecule has 1 saturated carbocycles. The third kappa shape index (κ3) is 2.24. The van der Waals surface area contributed by atoms with Crippen LogP contribution in [0.1, 0.15) is 31.7 Å². The van der Waals surface area contributed by atoms with Crippen molar-refractivity contribution in [2.75, 3.05) is 0 Å². The molecule has 1 aromatic rings. The molecule has 1 heterocycles. The third-order valence-corrected chi connectivity index (χ3v) is 5.70. The predicted molar refractivity (Wildman–Crippen MR) is 73.8 cm³/mol. The van der Waals surface area contributed by atoms with Crippen molar-refractivity contribution in [3.8, 4) is 5.75 Å². The van der Waals surface area contributed by atoms with Crippen LogP contribution in [0.3, 0.4) is 0 Å². The molecule has 4 unspecified atom stereocenters. The molecule has 0 spiro atoms. The lowest BCUT2D eigenvalue weighted by molar-refractivity contribution is 0.181. The number of hydrogen-bond acceptors (Lipinski definition) is 1. The summed E-state index contributed by atoms with van der Waals surface area (Å²) in [5.41, 5.74) is 1.39. The van der Waals surface area contributed by atoms with Gasteiger partial charge in [0.05, 0.1) is 0 Å². The summed E-state index contributed by atoms with van der Waals surface area (Å²) in [4.78, 5) is 0.719. The van der Waals surface area contributed by atoms with E-state index in [4.69, 9.17) is 4.74 Å². The minimum absolute atomic E-state index is 0.414. The molecule has 0 aromatic heterocycles. The van der Waals surface area contributed by atoms with Crippen LogP contribution in [-0.4, -0.2) is 10.9 Å².